The van der Waals surface area contributed by atoms with E-state index in [1.54, 1.807) is 24.3 Å². The van der Waals surface area contributed by atoms with Crippen LogP contribution in [0, 0.1) is 0 Å². The highest BCUT2D eigenvalue weighted by molar-refractivity contribution is 6.30. The number of hydrogen-bond acceptors (Lipinski definition) is 4. The van der Waals surface area contributed by atoms with E-state index in [2.05, 4.69) is 27.2 Å². The number of aromatic nitrogens is 2. The minimum atomic E-state index is -0.643. The van der Waals surface area contributed by atoms with Gasteiger partial charge < -0.3 is 11.1 Å². The molecule has 0 unspecified atom stereocenters. The van der Waals surface area contributed by atoms with Gasteiger partial charge in [0.2, 0.25) is 0 Å². The minimum absolute atomic E-state index is 0.157. The van der Waals surface area contributed by atoms with Crippen molar-refractivity contribution in [2.24, 2.45) is 10.7 Å². The number of anilines is 2. The topological polar surface area (TPSA) is 96.2 Å². The molecular formula is C11H10ClN5O. The van der Waals surface area contributed by atoms with Crippen LogP contribution in [0.3, 0.4) is 0 Å². The Labute approximate surface area is 108 Å². The molecule has 7 heteroatoms. The Balaban J connectivity index is 2.37. The number of benzene rings is 1. The van der Waals surface area contributed by atoms with Crippen LogP contribution >= 0.6 is 11.6 Å². The first-order chi connectivity index (χ1) is 8.61. The molecule has 92 valence electrons. The quantitative estimate of drug-likeness (QED) is 0.738. The minimum Gasteiger partial charge on any atom is -0.365 e. The van der Waals surface area contributed by atoms with E-state index in [4.69, 9.17) is 17.3 Å². The predicted molar refractivity (Wildman–Crippen MR) is 71.0 cm³/mol. The van der Waals surface area contributed by atoms with Crippen LogP contribution in [-0.2, 0) is 0 Å². The summed E-state index contributed by atoms with van der Waals surface area (Å²) in [5, 5.41) is 9.99. The third kappa shape index (κ3) is 2.33. The fourth-order valence-electron chi connectivity index (χ4n) is 1.48. The maximum atomic E-state index is 11.3. The van der Waals surface area contributed by atoms with Crippen molar-refractivity contribution in [2.45, 2.75) is 0 Å². The second-order valence-corrected chi connectivity index (χ2v) is 3.89. The molecule has 0 fully saturated rings. The van der Waals surface area contributed by atoms with Crippen molar-refractivity contribution in [2.75, 3.05) is 5.32 Å². The molecule has 18 heavy (non-hydrogen) atoms. The van der Waals surface area contributed by atoms with Crippen molar-refractivity contribution >= 4 is 41.5 Å². The third-order valence-corrected chi connectivity index (χ3v) is 2.47. The van der Waals surface area contributed by atoms with E-state index in [9.17, 15) is 4.79 Å². The van der Waals surface area contributed by atoms with Crippen LogP contribution in [0.4, 0.5) is 17.3 Å². The maximum absolute atomic E-state index is 11.3. The van der Waals surface area contributed by atoms with Crippen molar-refractivity contribution in [3.63, 3.8) is 0 Å². The average molecular weight is 264 g/mol. The Morgan fingerprint density at radius 2 is 2.33 bits per heavy atom. The molecule has 1 aromatic carbocycles. The second kappa shape index (κ2) is 4.89. The largest absolute Gasteiger partial charge is 0.365 e. The van der Waals surface area contributed by atoms with Gasteiger partial charge in [0.1, 0.15) is 11.4 Å². The Bertz CT molecular complexity index is 607. The summed E-state index contributed by atoms with van der Waals surface area (Å²) in [7, 11) is 0. The van der Waals surface area contributed by atoms with E-state index in [1.165, 1.54) is 0 Å². The highest BCUT2D eigenvalue weighted by atomic mass is 35.5. The Morgan fingerprint density at radius 1 is 1.56 bits per heavy atom. The number of halogens is 1. The molecule has 1 aromatic heterocycles. The zero-order valence-corrected chi connectivity index (χ0v) is 10.0. The lowest BCUT2D eigenvalue weighted by Crippen LogP contribution is -2.12. The fraction of sp³-hybridized carbons (Fsp3) is 0. The van der Waals surface area contributed by atoms with E-state index in [0.717, 1.165) is 0 Å². The lowest BCUT2D eigenvalue weighted by molar-refractivity contribution is 0.100. The van der Waals surface area contributed by atoms with Crippen LogP contribution in [0.25, 0.3) is 0 Å². The summed E-state index contributed by atoms with van der Waals surface area (Å²) in [4.78, 5) is 14.9. The van der Waals surface area contributed by atoms with Gasteiger partial charge in [0.15, 0.2) is 5.82 Å². The number of hydrogen-bond donors (Lipinski definition) is 3. The van der Waals surface area contributed by atoms with E-state index >= 15 is 0 Å². The first kappa shape index (κ1) is 12.1. The molecule has 0 bridgehead atoms. The Kier molecular flexibility index (Phi) is 3.29. The van der Waals surface area contributed by atoms with Gasteiger partial charge in [-0.1, -0.05) is 17.7 Å². The number of nitrogens with one attached hydrogen (secondary N) is 2. The number of H-pyrrole nitrogens is 1. The summed E-state index contributed by atoms with van der Waals surface area (Å²) >= 11 is 5.86. The van der Waals surface area contributed by atoms with Gasteiger partial charge in [0.05, 0.1) is 0 Å². The number of carbonyl (C=O) groups is 1. The first-order valence-corrected chi connectivity index (χ1v) is 5.37. The van der Waals surface area contributed by atoms with Gasteiger partial charge in [0.25, 0.3) is 5.91 Å². The van der Waals surface area contributed by atoms with Gasteiger partial charge in [-0.3, -0.25) is 9.89 Å². The van der Waals surface area contributed by atoms with Gasteiger partial charge in [-0.25, -0.2) is 4.99 Å². The SMILES string of the molecule is C=Nc1n[nH]c(Nc2cccc(Cl)c2)c1C(N)=O. The Morgan fingerprint density at radius 3 is 2.94 bits per heavy atom. The molecule has 2 aromatic rings. The van der Waals surface area contributed by atoms with Crippen LogP contribution in [0.15, 0.2) is 29.3 Å². The first-order valence-electron chi connectivity index (χ1n) is 4.99. The monoisotopic (exact) mass is 263 g/mol. The molecule has 0 saturated heterocycles. The summed E-state index contributed by atoms with van der Waals surface area (Å²) in [5.41, 5.74) is 6.12. The molecule has 0 radical (unpaired) electrons. The standard InChI is InChI=1S/C11H10ClN5O/c1-14-10-8(9(13)18)11(17-16-10)15-7-4-2-3-6(12)5-7/h2-5H,1H2,(H2,13,18)(H2,15,16,17). The normalized spacial score (nSPS) is 10.1. The highest BCUT2D eigenvalue weighted by Crippen LogP contribution is 2.26. The number of nitrogens with zero attached hydrogens (tertiary/aromatic N) is 2. The van der Waals surface area contributed by atoms with Crippen LogP contribution in [0.1, 0.15) is 10.4 Å². The fourth-order valence-corrected chi connectivity index (χ4v) is 1.67. The third-order valence-electron chi connectivity index (χ3n) is 2.24. The van der Waals surface area contributed by atoms with Gasteiger partial charge in [-0.15, -0.1) is 0 Å². The van der Waals surface area contributed by atoms with Gasteiger partial charge in [-0.2, -0.15) is 5.10 Å². The highest BCUT2D eigenvalue weighted by Gasteiger charge is 2.17. The summed E-state index contributed by atoms with van der Waals surface area (Å²) in [5.74, 6) is -0.130. The number of amides is 1. The van der Waals surface area contributed by atoms with Crippen molar-refractivity contribution in [3.8, 4) is 0 Å². The molecule has 2 rings (SSSR count). The van der Waals surface area contributed by atoms with Crippen molar-refractivity contribution in [3.05, 3.63) is 34.9 Å². The molecule has 0 aliphatic rings. The molecule has 0 spiro atoms. The number of rotatable bonds is 4. The Hall–Kier alpha value is -2.34. The number of primary amides is 1. The number of carbonyl (C=O) groups excluding carboxylic acids is 1. The molecular weight excluding hydrogens is 254 g/mol. The zero-order chi connectivity index (χ0) is 13.1. The maximum Gasteiger partial charge on any atom is 0.256 e. The average Bonchev–Trinajstić information content (AvgIpc) is 2.72. The summed E-state index contributed by atoms with van der Waals surface area (Å²) in [6, 6.07) is 7.01. The van der Waals surface area contributed by atoms with E-state index in [0.29, 0.717) is 16.5 Å². The van der Waals surface area contributed by atoms with Gasteiger partial charge in [0, 0.05) is 10.7 Å². The predicted octanol–water partition coefficient (Wildman–Crippen LogP) is 2.24. The van der Waals surface area contributed by atoms with Gasteiger partial charge >= 0.3 is 0 Å². The van der Waals surface area contributed by atoms with Crippen molar-refractivity contribution < 1.29 is 4.79 Å². The smallest absolute Gasteiger partial charge is 0.256 e. The van der Waals surface area contributed by atoms with Crippen molar-refractivity contribution in [1.29, 1.82) is 0 Å². The molecule has 1 amide bonds. The second-order valence-electron chi connectivity index (χ2n) is 3.45. The molecule has 0 atom stereocenters. The van der Waals surface area contributed by atoms with Crippen LogP contribution in [0.5, 0.6) is 0 Å². The lowest BCUT2D eigenvalue weighted by atomic mass is 10.2. The van der Waals surface area contributed by atoms with E-state index in [1.807, 2.05) is 0 Å². The van der Waals surface area contributed by atoms with Crippen LogP contribution in [-0.4, -0.2) is 22.8 Å². The summed E-state index contributed by atoms with van der Waals surface area (Å²) in [6.07, 6.45) is 0. The van der Waals surface area contributed by atoms with Gasteiger partial charge in [-0.05, 0) is 24.9 Å². The molecule has 6 nitrogen and oxygen atoms in total. The van der Waals surface area contributed by atoms with Crippen LogP contribution < -0.4 is 11.1 Å². The zero-order valence-electron chi connectivity index (χ0n) is 9.27. The molecule has 0 aliphatic carbocycles. The summed E-state index contributed by atoms with van der Waals surface area (Å²) in [6.45, 7) is 3.32. The van der Waals surface area contributed by atoms with Crippen LogP contribution in [0.2, 0.25) is 5.02 Å². The lowest BCUT2D eigenvalue weighted by Gasteiger charge is -2.05. The van der Waals surface area contributed by atoms with E-state index in [-0.39, 0.29) is 11.4 Å². The molecule has 1 heterocycles. The molecule has 0 aliphatic heterocycles. The van der Waals surface area contributed by atoms with Crippen molar-refractivity contribution in [1.82, 2.24) is 10.2 Å². The molecule has 0 saturated carbocycles. The number of aliphatic imine (C=N–C) groups is 1. The summed E-state index contributed by atoms with van der Waals surface area (Å²) < 4.78 is 0. The number of nitrogens with two attached hydrogens (primary N) is 1. The molecule has 4 N–H and O–H groups in total. The number of aromatic amines is 1. The van der Waals surface area contributed by atoms with E-state index < -0.39 is 5.91 Å².